The lowest BCUT2D eigenvalue weighted by Crippen LogP contribution is -2.07. The molecule has 0 heteroatoms. The third kappa shape index (κ3) is 3.70. The largest absolute Gasteiger partial charge is 0.0651 e. The lowest BCUT2D eigenvalue weighted by atomic mass is 9.87. The van der Waals surface area contributed by atoms with Gasteiger partial charge in [0, 0.05) is 0 Å². The SMILES string of the molecule is CCC(C)CCC1(CC(C)C)CC1. The fourth-order valence-electron chi connectivity index (χ4n) is 2.36. The minimum Gasteiger partial charge on any atom is -0.0651 e. The molecule has 0 radical (unpaired) electrons. The molecule has 1 fully saturated rings. The van der Waals surface area contributed by atoms with Gasteiger partial charge in [0.25, 0.3) is 0 Å². The standard InChI is InChI=1S/C13H26/c1-5-12(4)6-7-13(8-9-13)10-11(2)3/h11-12H,5-10H2,1-4H3. The van der Waals surface area contributed by atoms with Crippen molar-refractivity contribution < 1.29 is 0 Å². The summed E-state index contributed by atoms with van der Waals surface area (Å²) in [5, 5.41) is 0. The molecule has 0 aromatic carbocycles. The molecule has 1 aliphatic carbocycles. The van der Waals surface area contributed by atoms with Crippen molar-refractivity contribution in [3.05, 3.63) is 0 Å². The molecule has 0 heterocycles. The first-order valence-electron chi connectivity index (χ1n) is 6.08. The Balaban J connectivity index is 2.19. The maximum atomic E-state index is 2.39. The van der Waals surface area contributed by atoms with E-state index in [1.165, 1.54) is 38.5 Å². The van der Waals surface area contributed by atoms with Gasteiger partial charge in [-0.25, -0.2) is 0 Å². The number of hydrogen-bond acceptors (Lipinski definition) is 0. The number of rotatable bonds is 6. The molecule has 1 atom stereocenters. The first-order valence-corrected chi connectivity index (χ1v) is 6.08. The van der Waals surface area contributed by atoms with E-state index in [0.29, 0.717) is 0 Å². The molecule has 13 heavy (non-hydrogen) atoms. The highest BCUT2D eigenvalue weighted by Crippen LogP contribution is 2.54. The van der Waals surface area contributed by atoms with E-state index >= 15 is 0 Å². The minimum atomic E-state index is 0.803. The Kier molecular flexibility index (Phi) is 3.82. The van der Waals surface area contributed by atoms with Crippen molar-refractivity contribution in [2.24, 2.45) is 17.3 Å². The van der Waals surface area contributed by atoms with Crippen molar-refractivity contribution in [1.29, 1.82) is 0 Å². The lowest BCUT2D eigenvalue weighted by Gasteiger charge is -2.19. The molecular formula is C13H26. The second kappa shape index (κ2) is 4.48. The predicted octanol–water partition coefficient (Wildman–Crippen LogP) is 4.64. The average Bonchev–Trinajstić information content (AvgIpc) is 2.80. The molecule has 0 saturated heterocycles. The zero-order valence-corrected chi connectivity index (χ0v) is 9.90. The molecule has 0 amide bonds. The normalized spacial score (nSPS) is 21.9. The van der Waals surface area contributed by atoms with Gasteiger partial charge in [0.05, 0.1) is 0 Å². The Hall–Kier alpha value is 0. The van der Waals surface area contributed by atoms with E-state index in [9.17, 15) is 0 Å². The van der Waals surface area contributed by atoms with Gasteiger partial charge in [0.2, 0.25) is 0 Å². The maximum Gasteiger partial charge on any atom is -0.0295 e. The Morgan fingerprint density at radius 3 is 2.15 bits per heavy atom. The summed E-state index contributed by atoms with van der Waals surface area (Å²) < 4.78 is 0. The summed E-state index contributed by atoms with van der Waals surface area (Å²) in [6.07, 6.45) is 8.83. The van der Waals surface area contributed by atoms with Crippen LogP contribution >= 0.6 is 0 Å². The molecule has 0 N–H and O–H groups in total. The fourth-order valence-corrected chi connectivity index (χ4v) is 2.36. The second-order valence-electron chi connectivity index (χ2n) is 5.65. The summed E-state index contributed by atoms with van der Waals surface area (Å²) in [6.45, 7) is 9.44. The quantitative estimate of drug-likeness (QED) is 0.561. The fraction of sp³-hybridized carbons (Fsp3) is 1.00. The van der Waals surface area contributed by atoms with E-state index in [1.807, 2.05) is 0 Å². The molecule has 0 aromatic rings. The third-order valence-electron chi connectivity index (χ3n) is 3.66. The van der Waals surface area contributed by atoms with Crippen molar-refractivity contribution in [2.75, 3.05) is 0 Å². The molecule has 0 aliphatic heterocycles. The summed E-state index contributed by atoms with van der Waals surface area (Å²) in [5.74, 6) is 1.85. The summed E-state index contributed by atoms with van der Waals surface area (Å²) in [4.78, 5) is 0. The van der Waals surface area contributed by atoms with Gasteiger partial charge in [0.15, 0.2) is 0 Å². The Morgan fingerprint density at radius 1 is 1.15 bits per heavy atom. The first-order chi connectivity index (χ1) is 6.08. The van der Waals surface area contributed by atoms with Crippen molar-refractivity contribution in [2.45, 2.75) is 66.2 Å². The molecule has 78 valence electrons. The van der Waals surface area contributed by atoms with Crippen LogP contribution in [-0.4, -0.2) is 0 Å². The van der Waals surface area contributed by atoms with Crippen molar-refractivity contribution in [1.82, 2.24) is 0 Å². The molecule has 0 bridgehead atoms. The lowest BCUT2D eigenvalue weighted by molar-refractivity contribution is 0.327. The van der Waals surface area contributed by atoms with Crippen LogP contribution in [0.2, 0.25) is 0 Å². The maximum absolute atomic E-state index is 2.39. The topological polar surface area (TPSA) is 0 Å². The van der Waals surface area contributed by atoms with Gasteiger partial charge in [0.1, 0.15) is 0 Å². The van der Waals surface area contributed by atoms with Gasteiger partial charge in [-0.3, -0.25) is 0 Å². The molecule has 1 aliphatic rings. The molecule has 0 spiro atoms. The van der Waals surface area contributed by atoms with E-state index < -0.39 is 0 Å². The van der Waals surface area contributed by atoms with Gasteiger partial charge in [-0.05, 0) is 42.9 Å². The van der Waals surface area contributed by atoms with Gasteiger partial charge in [-0.1, -0.05) is 40.5 Å². The summed E-state index contributed by atoms with van der Waals surface area (Å²) in [7, 11) is 0. The third-order valence-corrected chi connectivity index (χ3v) is 3.66. The average molecular weight is 182 g/mol. The summed E-state index contributed by atoms with van der Waals surface area (Å²) in [5.41, 5.74) is 0.803. The van der Waals surface area contributed by atoms with Crippen molar-refractivity contribution >= 4 is 0 Å². The van der Waals surface area contributed by atoms with E-state index in [1.54, 1.807) is 0 Å². The van der Waals surface area contributed by atoms with Gasteiger partial charge < -0.3 is 0 Å². The van der Waals surface area contributed by atoms with Crippen LogP contribution < -0.4 is 0 Å². The zero-order valence-electron chi connectivity index (χ0n) is 9.90. The van der Waals surface area contributed by atoms with Crippen LogP contribution in [-0.2, 0) is 0 Å². The zero-order chi connectivity index (χ0) is 9.90. The van der Waals surface area contributed by atoms with Crippen LogP contribution in [0.3, 0.4) is 0 Å². The summed E-state index contributed by atoms with van der Waals surface area (Å²) in [6, 6.07) is 0. The van der Waals surface area contributed by atoms with E-state index in [2.05, 4.69) is 27.7 Å². The number of hydrogen-bond donors (Lipinski definition) is 0. The molecule has 0 aromatic heterocycles. The first kappa shape index (κ1) is 11.1. The Bertz CT molecular complexity index is 142. The molecule has 1 rings (SSSR count). The van der Waals surface area contributed by atoms with Crippen LogP contribution in [0, 0.1) is 17.3 Å². The van der Waals surface area contributed by atoms with Crippen LogP contribution in [0.5, 0.6) is 0 Å². The van der Waals surface area contributed by atoms with Crippen LogP contribution in [0.25, 0.3) is 0 Å². The highest BCUT2D eigenvalue weighted by molar-refractivity contribution is 4.93. The van der Waals surface area contributed by atoms with E-state index in [4.69, 9.17) is 0 Å². The van der Waals surface area contributed by atoms with Gasteiger partial charge in [-0.2, -0.15) is 0 Å². The van der Waals surface area contributed by atoms with Crippen LogP contribution in [0.4, 0.5) is 0 Å². The highest BCUT2D eigenvalue weighted by atomic mass is 14.5. The monoisotopic (exact) mass is 182 g/mol. The van der Waals surface area contributed by atoms with Gasteiger partial charge >= 0.3 is 0 Å². The molecule has 0 nitrogen and oxygen atoms in total. The summed E-state index contributed by atoms with van der Waals surface area (Å²) >= 11 is 0. The van der Waals surface area contributed by atoms with Crippen LogP contribution in [0.15, 0.2) is 0 Å². The highest BCUT2D eigenvalue weighted by Gasteiger charge is 2.41. The molecule has 1 saturated carbocycles. The minimum absolute atomic E-state index is 0.803. The second-order valence-corrected chi connectivity index (χ2v) is 5.65. The smallest absolute Gasteiger partial charge is 0.0295 e. The molecular weight excluding hydrogens is 156 g/mol. The van der Waals surface area contributed by atoms with E-state index in [0.717, 1.165) is 17.3 Å². The Morgan fingerprint density at radius 2 is 1.77 bits per heavy atom. The van der Waals surface area contributed by atoms with Gasteiger partial charge in [-0.15, -0.1) is 0 Å². The van der Waals surface area contributed by atoms with Crippen LogP contribution in [0.1, 0.15) is 66.2 Å². The van der Waals surface area contributed by atoms with Crippen molar-refractivity contribution in [3.63, 3.8) is 0 Å². The Labute approximate surface area is 84.1 Å². The van der Waals surface area contributed by atoms with Crippen molar-refractivity contribution in [3.8, 4) is 0 Å². The molecule has 1 unspecified atom stereocenters. The predicted molar refractivity (Wildman–Crippen MR) is 59.8 cm³/mol. The van der Waals surface area contributed by atoms with E-state index in [-0.39, 0.29) is 0 Å².